The van der Waals surface area contributed by atoms with Crippen molar-refractivity contribution in [2.24, 2.45) is 5.41 Å². The number of ether oxygens (including phenoxy) is 2. The van der Waals surface area contributed by atoms with Gasteiger partial charge in [0.1, 0.15) is 5.75 Å². The predicted molar refractivity (Wildman–Crippen MR) is 173 cm³/mol. The molecule has 38 heavy (non-hydrogen) atoms. The zero-order valence-corrected chi connectivity index (χ0v) is 26.8. The maximum absolute atomic E-state index is 12.5. The van der Waals surface area contributed by atoms with E-state index in [-0.39, 0.29) is 9.46 Å². The number of hydrogen-bond donors (Lipinski definition) is 0. The van der Waals surface area contributed by atoms with Crippen LogP contribution in [0.2, 0.25) is 0 Å². The fraction of sp³-hybridized carbons (Fsp3) is 0.344. The third-order valence-electron chi connectivity index (χ3n) is 7.56. The van der Waals surface area contributed by atoms with Crippen LogP contribution in [0.1, 0.15) is 58.5 Å². The Morgan fingerprint density at radius 3 is 2.42 bits per heavy atom. The number of likely N-dealkylation sites (tertiary alicyclic amines) is 1. The molecule has 0 amide bonds. The summed E-state index contributed by atoms with van der Waals surface area (Å²) >= 11 is 4.69. The molecule has 0 radical (unpaired) electrons. The third-order valence-corrected chi connectivity index (χ3v) is 9.88. The van der Waals surface area contributed by atoms with E-state index >= 15 is 0 Å². The van der Waals surface area contributed by atoms with Gasteiger partial charge in [0.2, 0.25) is 0 Å². The fourth-order valence-corrected chi connectivity index (χ4v) is 7.19. The van der Waals surface area contributed by atoms with Crippen molar-refractivity contribution in [1.82, 2.24) is 4.90 Å². The highest BCUT2D eigenvalue weighted by Gasteiger charge is 2.54. The third kappa shape index (κ3) is 5.41. The van der Waals surface area contributed by atoms with Crippen LogP contribution in [-0.4, -0.2) is 23.1 Å². The molecule has 1 heterocycles. The first-order valence-electron chi connectivity index (χ1n) is 12.8. The summed E-state index contributed by atoms with van der Waals surface area (Å²) in [6.07, 6.45) is 4.03. The van der Waals surface area contributed by atoms with Gasteiger partial charge in [-0.15, -0.1) is 0 Å². The number of benzene rings is 3. The minimum atomic E-state index is -0.802. The van der Waals surface area contributed by atoms with Crippen LogP contribution in [-0.2, 0) is 9.53 Å². The second-order valence-electron chi connectivity index (χ2n) is 10.6. The Labute approximate surface area is 253 Å². The fourth-order valence-electron chi connectivity index (χ4n) is 5.38. The van der Waals surface area contributed by atoms with Crippen LogP contribution in [0.4, 0.5) is 0 Å². The number of carbonyl (C=O) groups excluding carboxylic acids is 1. The summed E-state index contributed by atoms with van der Waals surface area (Å²) in [5.74, 6) is 0.310. The maximum Gasteiger partial charge on any atom is 0.334 e. The van der Waals surface area contributed by atoms with Crippen LogP contribution in [0.3, 0.4) is 0 Å². The number of nitrogens with zero attached hydrogens (tertiary/aromatic N) is 1. The smallest absolute Gasteiger partial charge is 0.334 e. The lowest BCUT2D eigenvalue weighted by Gasteiger charge is -2.56. The van der Waals surface area contributed by atoms with E-state index in [0.29, 0.717) is 5.57 Å². The Balaban J connectivity index is 1.90. The monoisotopic (exact) mass is 735 g/mol. The first kappa shape index (κ1) is 29.1. The molecule has 6 heteroatoms. The van der Waals surface area contributed by atoms with Crippen LogP contribution in [0, 0.1) is 12.3 Å². The van der Waals surface area contributed by atoms with Gasteiger partial charge in [-0.25, -0.2) is 9.69 Å². The Morgan fingerprint density at radius 2 is 1.76 bits per heavy atom. The molecule has 4 rings (SSSR count). The Bertz CT molecular complexity index is 1350. The summed E-state index contributed by atoms with van der Waals surface area (Å²) in [5.41, 5.74) is 2.38. The van der Waals surface area contributed by atoms with E-state index in [9.17, 15) is 4.79 Å². The first-order valence-corrected chi connectivity index (χ1v) is 15.3. The van der Waals surface area contributed by atoms with Crippen molar-refractivity contribution in [3.63, 3.8) is 0 Å². The molecule has 1 aliphatic rings. The highest BCUT2D eigenvalue weighted by atomic mass is 127. The molecule has 1 aliphatic heterocycles. The molecule has 0 aromatic heterocycles. The highest BCUT2D eigenvalue weighted by Crippen LogP contribution is 2.52. The van der Waals surface area contributed by atoms with Gasteiger partial charge < -0.3 is 9.47 Å². The van der Waals surface area contributed by atoms with E-state index in [1.54, 1.807) is 6.92 Å². The molecule has 4 nitrogen and oxygen atoms in total. The SMILES string of the molecule is C=CC1(Oc2c(C(I)OC(=O)C(=C)C)cc3ccccc3c2C)N(C(I)c2ccccc2)CCCC1(C)C. The largest absolute Gasteiger partial charge is 0.468 e. The van der Waals surface area contributed by atoms with Gasteiger partial charge in [0.25, 0.3) is 0 Å². The van der Waals surface area contributed by atoms with E-state index in [4.69, 9.17) is 9.47 Å². The van der Waals surface area contributed by atoms with Gasteiger partial charge in [0.05, 0.1) is 4.05 Å². The number of rotatable bonds is 8. The van der Waals surface area contributed by atoms with Crippen molar-refractivity contribution >= 4 is 61.9 Å². The van der Waals surface area contributed by atoms with Crippen LogP contribution < -0.4 is 4.74 Å². The lowest BCUT2D eigenvalue weighted by Crippen LogP contribution is -2.64. The number of alkyl halides is 2. The first-order chi connectivity index (χ1) is 18.0. The molecule has 0 N–H and O–H groups in total. The number of carbonyl (C=O) groups is 1. The second-order valence-corrected chi connectivity index (χ2v) is 12.9. The minimum Gasteiger partial charge on any atom is -0.468 e. The summed E-state index contributed by atoms with van der Waals surface area (Å²) < 4.78 is 12.6. The van der Waals surface area contributed by atoms with E-state index in [2.05, 4.69) is 126 Å². The van der Waals surface area contributed by atoms with Crippen molar-refractivity contribution in [3.8, 4) is 5.75 Å². The van der Waals surface area contributed by atoms with Gasteiger partial charge in [0, 0.05) is 23.1 Å². The van der Waals surface area contributed by atoms with Crippen molar-refractivity contribution < 1.29 is 14.3 Å². The molecule has 0 spiro atoms. The lowest BCUT2D eigenvalue weighted by atomic mass is 9.72. The van der Waals surface area contributed by atoms with Crippen LogP contribution in [0.15, 0.2) is 85.5 Å². The number of halogens is 2. The van der Waals surface area contributed by atoms with Gasteiger partial charge in [-0.1, -0.05) is 104 Å². The van der Waals surface area contributed by atoms with E-state index in [0.717, 1.165) is 47.0 Å². The molecular weight excluding hydrogens is 700 g/mol. The van der Waals surface area contributed by atoms with Crippen LogP contribution in [0.25, 0.3) is 10.8 Å². The van der Waals surface area contributed by atoms with Crippen molar-refractivity contribution in [1.29, 1.82) is 0 Å². The van der Waals surface area contributed by atoms with Gasteiger partial charge in [-0.3, -0.25) is 0 Å². The summed E-state index contributed by atoms with van der Waals surface area (Å²) in [6.45, 7) is 17.2. The van der Waals surface area contributed by atoms with Crippen molar-refractivity contribution in [3.05, 3.63) is 102 Å². The van der Waals surface area contributed by atoms with Gasteiger partial charge in [0.15, 0.2) is 9.84 Å². The maximum atomic E-state index is 12.5. The molecule has 3 aromatic carbocycles. The molecule has 3 unspecified atom stereocenters. The summed E-state index contributed by atoms with van der Waals surface area (Å²) in [6, 6.07) is 20.9. The highest BCUT2D eigenvalue weighted by molar-refractivity contribution is 14.1. The summed E-state index contributed by atoms with van der Waals surface area (Å²) in [5, 5.41) is 2.18. The van der Waals surface area contributed by atoms with E-state index in [1.807, 2.05) is 24.3 Å². The normalized spacial score (nSPS) is 20.9. The molecule has 0 bridgehead atoms. The Morgan fingerprint density at radius 1 is 1.11 bits per heavy atom. The minimum absolute atomic E-state index is 0.0761. The number of aryl methyl sites for hydroxylation is 1. The van der Waals surface area contributed by atoms with Gasteiger partial charge in [-0.2, -0.15) is 0 Å². The van der Waals surface area contributed by atoms with Crippen LogP contribution >= 0.6 is 45.2 Å². The van der Waals surface area contributed by atoms with E-state index in [1.165, 1.54) is 5.56 Å². The zero-order chi connectivity index (χ0) is 27.7. The standard InChI is InChI=1S/C32H35I2NO3/c1-7-32(31(5,6)18-13-19-35(32)28(33)23-14-9-8-10-15-23)38-27-22(4)25-17-12-11-16-24(25)20-26(27)29(34)37-30(36)21(2)3/h7-12,14-17,20,28-29H,1-2,13,18-19H2,3-6H3. The summed E-state index contributed by atoms with van der Waals surface area (Å²) in [7, 11) is 0. The molecular formula is C32H35I2NO3. The predicted octanol–water partition coefficient (Wildman–Crippen LogP) is 9.22. The molecule has 200 valence electrons. The molecule has 1 saturated heterocycles. The lowest BCUT2D eigenvalue weighted by molar-refractivity contribution is -0.157. The number of esters is 1. The molecule has 0 aliphatic carbocycles. The number of hydrogen-bond acceptors (Lipinski definition) is 4. The number of fused-ring (bicyclic) bond motifs is 1. The molecule has 0 saturated carbocycles. The van der Waals surface area contributed by atoms with Gasteiger partial charge in [-0.05, 0) is 83.3 Å². The quantitative estimate of drug-likeness (QED) is 0.0578. The van der Waals surface area contributed by atoms with Crippen molar-refractivity contribution in [2.45, 2.75) is 54.4 Å². The van der Waals surface area contributed by atoms with Gasteiger partial charge >= 0.3 is 5.97 Å². The molecule has 3 atom stereocenters. The van der Waals surface area contributed by atoms with Crippen molar-refractivity contribution in [2.75, 3.05) is 6.54 Å². The summed E-state index contributed by atoms with van der Waals surface area (Å²) in [4.78, 5) is 14.9. The Kier molecular flexibility index (Phi) is 8.94. The number of piperidine rings is 1. The van der Waals surface area contributed by atoms with Crippen LogP contribution in [0.5, 0.6) is 5.75 Å². The second kappa shape index (κ2) is 11.7. The van der Waals surface area contributed by atoms with E-state index < -0.39 is 15.8 Å². The molecule has 1 fully saturated rings. The average Bonchev–Trinajstić information content (AvgIpc) is 2.90. The average molecular weight is 735 g/mol. The molecule has 3 aromatic rings. The Hall–Kier alpha value is -1.91. The topological polar surface area (TPSA) is 38.8 Å². The zero-order valence-electron chi connectivity index (χ0n) is 22.5.